The summed E-state index contributed by atoms with van der Waals surface area (Å²) < 4.78 is 0. The van der Waals surface area contributed by atoms with Crippen molar-refractivity contribution in [1.82, 2.24) is 5.32 Å². The molecule has 6 heteroatoms. The minimum Gasteiger partial charge on any atom is -0.367 e. The van der Waals surface area contributed by atoms with Crippen LogP contribution in [0.25, 0.3) is 0 Å². The second-order valence-corrected chi connectivity index (χ2v) is 8.01. The number of hydrogen-bond donors (Lipinski definition) is 2. The zero-order chi connectivity index (χ0) is 17.1. The van der Waals surface area contributed by atoms with Crippen molar-refractivity contribution in [3.05, 3.63) is 68.5 Å². The van der Waals surface area contributed by atoms with Gasteiger partial charge in [0.1, 0.15) is 0 Å². The summed E-state index contributed by atoms with van der Waals surface area (Å²) in [4.78, 5) is 17.0. The first-order valence-electron chi connectivity index (χ1n) is 8.25. The second kappa shape index (κ2) is 7.29. The molecule has 0 spiro atoms. The van der Waals surface area contributed by atoms with Crippen LogP contribution in [0.3, 0.4) is 0 Å². The molecule has 25 heavy (non-hydrogen) atoms. The molecule has 2 aromatic heterocycles. The summed E-state index contributed by atoms with van der Waals surface area (Å²) in [6, 6.07) is 14.1. The molecule has 4 nitrogen and oxygen atoms in total. The first kappa shape index (κ1) is 16.2. The third-order valence-corrected chi connectivity index (χ3v) is 6.20. The van der Waals surface area contributed by atoms with Crippen LogP contribution in [0.4, 0.5) is 16.2 Å². The quantitative estimate of drug-likeness (QED) is 0.700. The van der Waals surface area contributed by atoms with Crippen molar-refractivity contribution in [2.45, 2.75) is 19.5 Å². The van der Waals surface area contributed by atoms with Gasteiger partial charge in [0.25, 0.3) is 0 Å². The van der Waals surface area contributed by atoms with Crippen LogP contribution in [-0.2, 0) is 19.5 Å². The van der Waals surface area contributed by atoms with Crippen LogP contribution in [0.2, 0.25) is 0 Å². The Hall–Kier alpha value is -2.31. The maximum Gasteiger partial charge on any atom is 0.319 e. The number of amides is 2. The number of thiophene rings is 2. The monoisotopic (exact) mass is 369 g/mol. The maximum absolute atomic E-state index is 12.0. The molecule has 3 heterocycles. The molecule has 3 aromatic rings. The number of nitrogens with zero attached hydrogens (tertiary/aromatic N) is 1. The third-order valence-electron chi connectivity index (χ3n) is 4.30. The molecule has 1 aromatic carbocycles. The number of hydrogen-bond acceptors (Lipinski definition) is 4. The van der Waals surface area contributed by atoms with Gasteiger partial charge in [0, 0.05) is 34.2 Å². The van der Waals surface area contributed by atoms with E-state index in [1.165, 1.54) is 16.1 Å². The predicted octanol–water partition coefficient (Wildman–Crippen LogP) is 4.69. The molecular formula is C19H19N3OS2. The van der Waals surface area contributed by atoms with Crippen molar-refractivity contribution in [3.63, 3.8) is 0 Å². The van der Waals surface area contributed by atoms with E-state index >= 15 is 0 Å². The van der Waals surface area contributed by atoms with Gasteiger partial charge in [-0.2, -0.15) is 0 Å². The Kier molecular flexibility index (Phi) is 4.72. The molecule has 0 bridgehead atoms. The van der Waals surface area contributed by atoms with Crippen molar-refractivity contribution in [1.29, 1.82) is 0 Å². The summed E-state index contributed by atoms with van der Waals surface area (Å²) in [5.41, 5.74) is 3.44. The van der Waals surface area contributed by atoms with Crippen molar-refractivity contribution in [2.75, 3.05) is 16.8 Å². The number of urea groups is 1. The lowest BCUT2D eigenvalue weighted by Gasteiger charge is -2.29. The van der Waals surface area contributed by atoms with Crippen molar-refractivity contribution < 1.29 is 4.79 Å². The van der Waals surface area contributed by atoms with E-state index in [0.29, 0.717) is 6.54 Å². The van der Waals surface area contributed by atoms with E-state index in [0.717, 1.165) is 30.1 Å². The largest absolute Gasteiger partial charge is 0.367 e. The first-order chi connectivity index (χ1) is 12.3. The summed E-state index contributed by atoms with van der Waals surface area (Å²) in [6.07, 6.45) is 1.11. The molecule has 0 atom stereocenters. The number of nitrogens with one attached hydrogen (secondary N) is 2. The fourth-order valence-electron chi connectivity index (χ4n) is 2.98. The predicted molar refractivity (Wildman–Crippen MR) is 106 cm³/mol. The smallest absolute Gasteiger partial charge is 0.319 e. The lowest BCUT2D eigenvalue weighted by atomic mass is 10.1. The van der Waals surface area contributed by atoms with Gasteiger partial charge in [-0.3, -0.25) is 0 Å². The molecule has 0 radical (unpaired) electrons. The average molecular weight is 370 g/mol. The van der Waals surface area contributed by atoms with Gasteiger partial charge in [0.15, 0.2) is 0 Å². The van der Waals surface area contributed by atoms with Crippen molar-refractivity contribution in [2.24, 2.45) is 0 Å². The van der Waals surface area contributed by atoms with E-state index in [1.54, 1.807) is 11.3 Å². The number of rotatable bonds is 4. The second-order valence-electron chi connectivity index (χ2n) is 5.97. The molecule has 0 saturated carbocycles. The van der Waals surface area contributed by atoms with E-state index in [2.05, 4.69) is 39.1 Å². The summed E-state index contributed by atoms with van der Waals surface area (Å²) in [5, 5.41) is 9.94. The molecule has 2 N–H and O–H groups in total. The topological polar surface area (TPSA) is 44.4 Å². The zero-order valence-electron chi connectivity index (χ0n) is 13.7. The highest BCUT2D eigenvalue weighted by Crippen LogP contribution is 2.28. The standard InChI is InChI=1S/C19H19N3OS2/c23-19(20-12-17-2-1-10-24-17)21-15-3-5-16(6-4-15)22-9-7-18-14(13-22)8-11-25-18/h1-6,8,10-11H,7,9,12-13H2,(H2,20,21,23). The first-order valence-corrected chi connectivity index (χ1v) is 10.0. The lowest BCUT2D eigenvalue weighted by molar-refractivity contribution is 0.252. The molecule has 0 fully saturated rings. The van der Waals surface area contributed by atoms with Crippen molar-refractivity contribution in [3.8, 4) is 0 Å². The molecule has 1 aliphatic heterocycles. The summed E-state index contributed by atoms with van der Waals surface area (Å²) in [7, 11) is 0. The Bertz CT molecular complexity index is 840. The fourth-order valence-corrected chi connectivity index (χ4v) is 4.51. The molecule has 4 rings (SSSR count). The van der Waals surface area contributed by atoms with E-state index in [-0.39, 0.29) is 6.03 Å². The fraction of sp³-hybridized carbons (Fsp3) is 0.211. The molecule has 1 aliphatic rings. The number of benzene rings is 1. The number of fused-ring (bicyclic) bond motifs is 1. The van der Waals surface area contributed by atoms with Gasteiger partial charge in [0.05, 0.1) is 6.54 Å². The van der Waals surface area contributed by atoms with Crippen LogP contribution < -0.4 is 15.5 Å². The third kappa shape index (κ3) is 3.86. The molecule has 128 valence electrons. The van der Waals surface area contributed by atoms with E-state index in [4.69, 9.17) is 0 Å². The minimum absolute atomic E-state index is 0.179. The summed E-state index contributed by atoms with van der Waals surface area (Å²) in [5.74, 6) is 0. The van der Waals surface area contributed by atoms with Crippen LogP contribution in [-0.4, -0.2) is 12.6 Å². The maximum atomic E-state index is 12.0. The van der Waals surface area contributed by atoms with E-state index in [1.807, 2.05) is 41.0 Å². The van der Waals surface area contributed by atoms with Gasteiger partial charge in [-0.25, -0.2) is 4.79 Å². The molecular weight excluding hydrogens is 350 g/mol. The summed E-state index contributed by atoms with van der Waals surface area (Å²) in [6.45, 7) is 2.56. The van der Waals surface area contributed by atoms with E-state index < -0.39 is 0 Å². The van der Waals surface area contributed by atoms with Crippen LogP contribution in [0, 0.1) is 0 Å². The Balaban J connectivity index is 1.33. The molecule has 0 aliphatic carbocycles. The Morgan fingerprint density at radius 2 is 1.96 bits per heavy atom. The van der Waals surface area contributed by atoms with E-state index in [9.17, 15) is 4.79 Å². The zero-order valence-corrected chi connectivity index (χ0v) is 15.3. The van der Waals surface area contributed by atoms with Gasteiger partial charge in [-0.15, -0.1) is 22.7 Å². The average Bonchev–Trinajstić information content (AvgIpc) is 3.31. The van der Waals surface area contributed by atoms with Gasteiger partial charge in [0.2, 0.25) is 0 Å². The highest BCUT2D eigenvalue weighted by atomic mass is 32.1. The molecule has 0 unspecified atom stereocenters. The van der Waals surface area contributed by atoms with Gasteiger partial charge < -0.3 is 15.5 Å². The van der Waals surface area contributed by atoms with Gasteiger partial charge in [-0.1, -0.05) is 6.07 Å². The van der Waals surface area contributed by atoms with Gasteiger partial charge >= 0.3 is 6.03 Å². The number of carbonyl (C=O) groups is 1. The highest BCUT2D eigenvalue weighted by Gasteiger charge is 2.17. The Morgan fingerprint density at radius 1 is 1.08 bits per heavy atom. The normalized spacial score (nSPS) is 13.4. The number of carbonyl (C=O) groups excluding carboxylic acids is 1. The Labute approximate surface area is 155 Å². The SMILES string of the molecule is O=C(NCc1cccs1)Nc1ccc(N2CCc3sccc3C2)cc1. The lowest BCUT2D eigenvalue weighted by Crippen LogP contribution is -2.29. The summed E-state index contributed by atoms with van der Waals surface area (Å²) >= 11 is 3.49. The van der Waals surface area contributed by atoms with Crippen LogP contribution in [0.1, 0.15) is 15.3 Å². The molecule has 0 saturated heterocycles. The Morgan fingerprint density at radius 3 is 2.76 bits per heavy atom. The molecule has 2 amide bonds. The number of anilines is 2. The van der Waals surface area contributed by atoms with Crippen molar-refractivity contribution >= 4 is 40.1 Å². The van der Waals surface area contributed by atoms with Crippen LogP contribution >= 0.6 is 22.7 Å². The van der Waals surface area contributed by atoms with Crippen LogP contribution in [0.15, 0.2) is 53.2 Å². The van der Waals surface area contributed by atoms with Gasteiger partial charge in [-0.05, 0) is 59.1 Å². The highest BCUT2D eigenvalue weighted by molar-refractivity contribution is 7.10. The minimum atomic E-state index is -0.179. The van der Waals surface area contributed by atoms with Crippen LogP contribution in [0.5, 0.6) is 0 Å².